The minimum atomic E-state index is -4.13. The summed E-state index contributed by atoms with van der Waals surface area (Å²) in [6, 6.07) is 3.76. The highest BCUT2D eigenvalue weighted by Gasteiger charge is 2.33. The van der Waals surface area contributed by atoms with Crippen LogP contribution in [0.1, 0.15) is 36.5 Å². The van der Waals surface area contributed by atoms with Gasteiger partial charge in [0, 0.05) is 18.7 Å². The second-order valence-corrected chi connectivity index (χ2v) is 5.55. The number of benzene rings is 1. The van der Waals surface area contributed by atoms with E-state index in [2.05, 4.69) is 13.8 Å². The molecule has 0 aliphatic carbocycles. The lowest BCUT2D eigenvalue weighted by atomic mass is 9.88. The summed E-state index contributed by atoms with van der Waals surface area (Å²) < 4.78 is 42.8. The lowest BCUT2D eigenvalue weighted by molar-refractivity contribution is -0.147. The number of alkyl halides is 3. The van der Waals surface area contributed by atoms with Gasteiger partial charge in [-0.15, -0.1) is 0 Å². The van der Waals surface area contributed by atoms with Gasteiger partial charge in [0.15, 0.2) is 0 Å². The van der Waals surface area contributed by atoms with Gasteiger partial charge in [0.25, 0.3) is 0 Å². The molecule has 112 valence electrons. The lowest BCUT2D eigenvalue weighted by Gasteiger charge is -2.32. The lowest BCUT2D eigenvalue weighted by Crippen LogP contribution is -2.38. The molecule has 1 aromatic rings. The Morgan fingerprint density at radius 1 is 1.30 bits per heavy atom. The van der Waals surface area contributed by atoms with Crippen molar-refractivity contribution in [1.82, 2.24) is 4.90 Å². The highest BCUT2D eigenvalue weighted by molar-refractivity contribution is 5.48. The molecule has 1 aromatic carbocycles. The molecule has 1 heterocycles. The summed E-state index contributed by atoms with van der Waals surface area (Å²) in [7, 11) is 1.63. The molecule has 0 amide bonds. The Morgan fingerprint density at radius 3 is 2.55 bits per heavy atom. The summed E-state index contributed by atoms with van der Waals surface area (Å²) in [5, 5.41) is 0. The molecule has 2 rings (SSSR count). The highest BCUT2D eigenvalue weighted by Crippen LogP contribution is 2.35. The average Bonchev–Trinajstić information content (AvgIpc) is 2.34. The van der Waals surface area contributed by atoms with Crippen molar-refractivity contribution in [2.45, 2.75) is 38.9 Å². The number of methoxy groups -OCH3 is 1. The maximum atomic E-state index is 12.5. The van der Waals surface area contributed by atoms with Gasteiger partial charge in [-0.25, -0.2) is 0 Å². The molecule has 0 fully saturated rings. The third kappa shape index (κ3) is 3.26. The molecular weight excluding hydrogens is 267 g/mol. The van der Waals surface area contributed by atoms with Crippen LogP contribution in [0.4, 0.5) is 13.2 Å². The standard InChI is InChI=1S/C15H20F3NO/c1-10(2)14-12-6-7-19(9-15(16,17)18)8-11(12)4-5-13(14)20-3/h4-5,10H,6-9H2,1-3H3. The van der Waals surface area contributed by atoms with E-state index in [-0.39, 0.29) is 0 Å². The number of hydrogen-bond acceptors (Lipinski definition) is 2. The Kier molecular flexibility index (Phi) is 4.28. The summed E-state index contributed by atoms with van der Waals surface area (Å²) >= 11 is 0. The predicted octanol–water partition coefficient (Wildman–Crippen LogP) is 3.74. The van der Waals surface area contributed by atoms with E-state index in [1.54, 1.807) is 7.11 Å². The molecule has 5 heteroatoms. The summed E-state index contributed by atoms with van der Waals surface area (Å²) in [6.07, 6.45) is -3.49. The molecule has 0 saturated heterocycles. The third-order valence-corrected chi connectivity index (χ3v) is 3.69. The Morgan fingerprint density at radius 2 is 2.00 bits per heavy atom. The molecule has 0 bridgehead atoms. The number of hydrogen-bond donors (Lipinski definition) is 0. The van der Waals surface area contributed by atoms with Crippen LogP contribution < -0.4 is 4.74 Å². The predicted molar refractivity (Wildman–Crippen MR) is 72.1 cm³/mol. The van der Waals surface area contributed by atoms with Gasteiger partial charge >= 0.3 is 6.18 Å². The van der Waals surface area contributed by atoms with Crippen LogP contribution in [0, 0.1) is 0 Å². The normalized spacial score (nSPS) is 16.4. The zero-order chi connectivity index (χ0) is 14.9. The smallest absolute Gasteiger partial charge is 0.401 e. The van der Waals surface area contributed by atoms with Crippen molar-refractivity contribution in [3.63, 3.8) is 0 Å². The van der Waals surface area contributed by atoms with Gasteiger partial charge in [0.2, 0.25) is 0 Å². The number of nitrogens with zero attached hydrogens (tertiary/aromatic N) is 1. The largest absolute Gasteiger partial charge is 0.496 e. The fourth-order valence-electron chi connectivity index (χ4n) is 2.92. The first-order valence-electron chi connectivity index (χ1n) is 6.79. The van der Waals surface area contributed by atoms with E-state index in [0.29, 0.717) is 25.4 Å². The van der Waals surface area contributed by atoms with E-state index in [1.807, 2.05) is 12.1 Å². The van der Waals surface area contributed by atoms with Crippen LogP contribution >= 0.6 is 0 Å². The quantitative estimate of drug-likeness (QED) is 0.839. The molecule has 1 aliphatic heterocycles. The first-order chi connectivity index (χ1) is 9.31. The van der Waals surface area contributed by atoms with Crippen LogP contribution in [0.2, 0.25) is 0 Å². The second kappa shape index (κ2) is 5.64. The highest BCUT2D eigenvalue weighted by atomic mass is 19.4. The second-order valence-electron chi connectivity index (χ2n) is 5.55. The maximum absolute atomic E-state index is 12.5. The first kappa shape index (κ1) is 15.2. The van der Waals surface area contributed by atoms with Crippen molar-refractivity contribution in [1.29, 1.82) is 0 Å². The Balaban J connectivity index is 2.28. The first-order valence-corrected chi connectivity index (χ1v) is 6.79. The van der Waals surface area contributed by atoms with E-state index >= 15 is 0 Å². The molecule has 0 saturated carbocycles. The van der Waals surface area contributed by atoms with Gasteiger partial charge < -0.3 is 4.74 Å². The summed E-state index contributed by atoms with van der Waals surface area (Å²) in [5.74, 6) is 1.14. The maximum Gasteiger partial charge on any atom is 0.401 e. The van der Waals surface area contributed by atoms with E-state index in [1.165, 1.54) is 4.90 Å². The zero-order valence-electron chi connectivity index (χ0n) is 12.0. The molecule has 0 atom stereocenters. The van der Waals surface area contributed by atoms with Gasteiger partial charge in [-0.05, 0) is 29.5 Å². The van der Waals surface area contributed by atoms with E-state index in [0.717, 1.165) is 22.4 Å². The van der Waals surface area contributed by atoms with Crippen molar-refractivity contribution in [3.8, 4) is 5.75 Å². The van der Waals surface area contributed by atoms with Crippen molar-refractivity contribution in [2.75, 3.05) is 20.2 Å². The fraction of sp³-hybridized carbons (Fsp3) is 0.600. The van der Waals surface area contributed by atoms with Crippen LogP contribution in [-0.4, -0.2) is 31.3 Å². The van der Waals surface area contributed by atoms with Crippen LogP contribution in [0.25, 0.3) is 0 Å². The van der Waals surface area contributed by atoms with E-state index in [9.17, 15) is 13.2 Å². The van der Waals surface area contributed by atoms with Crippen molar-refractivity contribution in [3.05, 3.63) is 28.8 Å². The zero-order valence-corrected chi connectivity index (χ0v) is 12.0. The Hall–Kier alpha value is -1.23. The summed E-state index contributed by atoms with van der Waals surface area (Å²) in [4.78, 5) is 1.46. The fourth-order valence-corrected chi connectivity index (χ4v) is 2.92. The molecule has 0 N–H and O–H groups in total. The number of halogens is 3. The number of ether oxygens (including phenoxy) is 1. The number of fused-ring (bicyclic) bond motifs is 1. The molecular formula is C15H20F3NO. The number of rotatable bonds is 3. The van der Waals surface area contributed by atoms with Crippen molar-refractivity contribution < 1.29 is 17.9 Å². The third-order valence-electron chi connectivity index (χ3n) is 3.69. The monoisotopic (exact) mass is 287 g/mol. The minimum absolute atomic E-state index is 0.300. The minimum Gasteiger partial charge on any atom is -0.496 e. The van der Waals surface area contributed by atoms with Crippen LogP contribution in [0.5, 0.6) is 5.75 Å². The molecule has 1 aliphatic rings. The van der Waals surface area contributed by atoms with Gasteiger partial charge in [-0.1, -0.05) is 19.9 Å². The molecule has 20 heavy (non-hydrogen) atoms. The molecule has 2 nitrogen and oxygen atoms in total. The van der Waals surface area contributed by atoms with Crippen LogP contribution in [-0.2, 0) is 13.0 Å². The summed E-state index contributed by atoms with van der Waals surface area (Å²) in [5.41, 5.74) is 3.29. The van der Waals surface area contributed by atoms with Crippen molar-refractivity contribution in [2.24, 2.45) is 0 Å². The molecule has 0 spiro atoms. The van der Waals surface area contributed by atoms with Crippen molar-refractivity contribution >= 4 is 0 Å². The molecule has 0 unspecified atom stereocenters. The molecule has 0 aromatic heterocycles. The van der Waals surface area contributed by atoms with Gasteiger partial charge in [-0.3, -0.25) is 4.90 Å². The van der Waals surface area contributed by atoms with Gasteiger partial charge in [-0.2, -0.15) is 13.2 Å². The SMILES string of the molecule is COc1ccc2c(c1C(C)C)CCN(CC(F)(F)F)C2. The Labute approximate surface area is 117 Å². The molecule has 0 radical (unpaired) electrons. The topological polar surface area (TPSA) is 12.5 Å². The van der Waals surface area contributed by atoms with Gasteiger partial charge in [0.05, 0.1) is 13.7 Å². The van der Waals surface area contributed by atoms with E-state index < -0.39 is 12.7 Å². The summed E-state index contributed by atoms with van der Waals surface area (Å²) in [6.45, 7) is 4.13. The van der Waals surface area contributed by atoms with Gasteiger partial charge in [0.1, 0.15) is 5.75 Å². The Bertz CT molecular complexity index is 483. The van der Waals surface area contributed by atoms with Crippen LogP contribution in [0.3, 0.4) is 0 Å². The average molecular weight is 287 g/mol. The van der Waals surface area contributed by atoms with Crippen LogP contribution in [0.15, 0.2) is 12.1 Å². The van der Waals surface area contributed by atoms with E-state index in [4.69, 9.17) is 4.74 Å².